The van der Waals surface area contributed by atoms with Crippen LogP contribution >= 0.6 is 23.2 Å². The van der Waals surface area contributed by atoms with Crippen molar-refractivity contribution in [1.82, 2.24) is 10.2 Å². The van der Waals surface area contributed by atoms with Crippen LogP contribution in [-0.2, 0) is 26.2 Å². The third-order valence-corrected chi connectivity index (χ3v) is 7.19. The van der Waals surface area contributed by atoms with Crippen LogP contribution in [0.5, 0.6) is 0 Å². The molecule has 1 atom stereocenters. The fraction of sp³-hybridized carbons (Fsp3) is 0.440. The highest BCUT2D eigenvalue weighted by Gasteiger charge is 2.32. The number of amides is 2. The van der Waals surface area contributed by atoms with E-state index in [1.165, 1.54) is 23.1 Å². The van der Waals surface area contributed by atoms with Crippen molar-refractivity contribution in [3.05, 3.63) is 63.6 Å². The number of anilines is 1. The van der Waals surface area contributed by atoms with Crippen molar-refractivity contribution in [1.29, 1.82) is 0 Å². The highest BCUT2D eigenvalue weighted by molar-refractivity contribution is 7.92. The Hall–Kier alpha value is -2.29. The molecule has 1 unspecified atom stereocenters. The van der Waals surface area contributed by atoms with Crippen molar-refractivity contribution in [2.75, 3.05) is 23.7 Å². The molecule has 2 rings (SSSR count). The number of aryl methyl sites for hydroxylation is 1. The van der Waals surface area contributed by atoms with Crippen LogP contribution in [0.2, 0.25) is 10.0 Å². The van der Waals surface area contributed by atoms with Crippen molar-refractivity contribution in [3.8, 4) is 0 Å². The van der Waals surface area contributed by atoms with Gasteiger partial charge in [-0.15, -0.1) is 0 Å². The molecule has 192 valence electrons. The number of carbonyl (C=O) groups excluding carboxylic acids is 2. The number of unbranched alkanes of at least 4 members (excludes halogenated alkanes) is 1. The third-order valence-electron chi connectivity index (χ3n) is 5.51. The van der Waals surface area contributed by atoms with Gasteiger partial charge in [-0.25, -0.2) is 8.42 Å². The Bertz CT molecular complexity index is 1140. The molecule has 0 aliphatic rings. The van der Waals surface area contributed by atoms with Gasteiger partial charge in [-0.3, -0.25) is 13.9 Å². The minimum absolute atomic E-state index is 0.103. The molecule has 0 saturated carbocycles. The van der Waals surface area contributed by atoms with Crippen LogP contribution in [0.3, 0.4) is 0 Å². The number of carbonyl (C=O) groups is 2. The van der Waals surface area contributed by atoms with E-state index >= 15 is 0 Å². The first-order chi connectivity index (χ1) is 16.5. The summed E-state index contributed by atoms with van der Waals surface area (Å²) in [6, 6.07) is 11.3. The van der Waals surface area contributed by atoms with Gasteiger partial charge in [-0.05, 0) is 43.5 Å². The highest BCUT2D eigenvalue weighted by atomic mass is 35.5. The molecule has 0 spiro atoms. The summed E-state index contributed by atoms with van der Waals surface area (Å²) in [4.78, 5) is 28.1. The molecule has 2 amide bonds. The molecular weight excluding hydrogens is 509 g/mol. The molecule has 0 saturated heterocycles. The van der Waals surface area contributed by atoms with Crippen molar-refractivity contribution in [2.24, 2.45) is 0 Å². The number of sulfonamides is 1. The number of rotatable bonds is 12. The summed E-state index contributed by atoms with van der Waals surface area (Å²) >= 11 is 12.3. The van der Waals surface area contributed by atoms with Gasteiger partial charge in [0.25, 0.3) is 0 Å². The Labute approximate surface area is 218 Å². The zero-order chi connectivity index (χ0) is 26.2. The summed E-state index contributed by atoms with van der Waals surface area (Å²) in [7, 11) is -3.89. The van der Waals surface area contributed by atoms with Crippen LogP contribution < -0.4 is 9.62 Å². The van der Waals surface area contributed by atoms with Gasteiger partial charge in [0.2, 0.25) is 21.8 Å². The molecule has 0 fully saturated rings. The van der Waals surface area contributed by atoms with Gasteiger partial charge < -0.3 is 10.2 Å². The summed E-state index contributed by atoms with van der Waals surface area (Å²) in [5.74, 6) is -0.792. The van der Waals surface area contributed by atoms with Crippen LogP contribution in [0.15, 0.2) is 42.5 Å². The largest absolute Gasteiger partial charge is 0.354 e. The van der Waals surface area contributed by atoms with E-state index in [-0.39, 0.29) is 28.2 Å². The summed E-state index contributed by atoms with van der Waals surface area (Å²) in [6.45, 7) is 5.92. The number of nitrogens with zero attached hydrogens (tertiary/aromatic N) is 2. The molecule has 0 bridgehead atoms. The number of benzene rings is 2. The average Bonchev–Trinajstić information content (AvgIpc) is 2.78. The first-order valence-electron chi connectivity index (χ1n) is 11.5. The Morgan fingerprint density at radius 1 is 1.09 bits per heavy atom. The molecule has 2 aromatic rings. The van der Waals surface area contributed by atoms with E-state index in [1.807, 2.05) is 45.0 Å². The topological polar surface area (TPSA) is 86.8 Å². The van der Waals surface area contributed by atoms with E-state index in [0.717, 1.165) is 34.5 Å². The first-order valence-corrected chi connectivity index (χ1v) is 14.1. The van der Waals surface area contributed by atoms with E-state index in [4.69, 9.17) is 23.2 Å². The van der Waals surface area contributed by atoms with Gasteiger partial charge in [-0.1, -0.05) is 73.3 Å². The maximum absolute atomic E-state index is 13.7. The van der Waals surface area contributed by atoms with Gasteiger partial charge in [0.1, 0.15) is 12.6 Å². The molecule has 0 aromatic heterocycles. The van der Waals surface area contributed by atoms with Crippen LogP contribution in [0, 0.1) is 6.92 Å². The predicted molar refractivity (Wildman–Crippen MR) is 142 cm³/mol. The number of hydrogen-bond acceptors (Lipinski definition) is 4. The second-order valence-electron chi connectivity index (χ2n) is 8.44. The molecule has 35 heavy (non-hydrogen) atoms. The van der Waals surface area contributed by atoms with Gasteiger partial charge in [0, 0.05) is 18.1 Å². The van der Waals surface area contributed by atoms with Gasteiger partial charge >= 0.3 is 0 Å². The normalized spacial score (nSPS) is 12.2. The first kappa shape index (κ1) is 28.9. The Kier molecular flexibility index (Phi) is 10.9. The lowest BCUT2D eigenvalue weighted by Gasteiger charge is -2.33. The predicted octanol–water partition coefficient (Wildman–Crippen LogP) is 4.79. The fourth-order valence-corrected chi connectivity index (χ4v) is 4.99. The highest BCUT2D eigenvalue weighted by Crippen LogP contribution is 2.31. The molecule has 10 heteroatoms. The summed E-state index contributed by atoms with van der Waals surface area (Å²) in [6.07, 6.45) is 3.11. The lowest BCUT2D eigenvalue weighted by molar-refractivity contribution is -0.140. The number of hydrogen-bond donors (Lipinski definition) is 1. The maximum atomic E-state index is 13.7. The smallest absolute Gasteiger partial charge is 0.244 e. The molecule has 2 aromatic carbocycles. The lowest BCUT2D eigenvalue weighted by atomic mass is 10.1. The second-order valence-corrected chi connectivity index (χ2v) is 11.2. The molecule has 0 aliphatic carbocycles. The van der Waals surface area contributed by atoms with Crippen molar-refractivity contribution >= 4 is 50.7 Å². The number of nitrogens with one attached hydrogen (secondary N) is 1. The minimum Gasteiger partial charge on any atom is -0.354 e. The monoisotopic (exact) mass is 541 g/mol. The summed E-state index contributed by atoms with van der Waals surface area (Å²) < 4.78 is 26.3. The SMILES string of the molecule is CCCCNC(=O)C(CC)N(Cc1cccc(C)c1)C(=O)CN(c1cc(Cl)ccc1Cl)S(C)(=O)=O. The molecular formula is C25H33Cl2N3O4S. The molecule has 0 radical (unpaired) electrons. The fourth-order valence-electron chi connectivity index (χ4n) is 3.70. The van der Waals surface area contributed by atoms with Crippen LogP contribution in [0.25, 0.3) is 0 Å². The zero-order valence-corrected chi connectivity index (χ0v) is 22.9. The lowest BCUT2D eigenvalue weighted by Crippen LogP contribution is -2.52. The van der Waals surface area contributed by atoms with Crippen LogP contribution in [0.4, 0.5) is 5.69 Å². The van der Waals surface area contributed by atoms with E-state index in [0.29, 0.717) is 13.0 Å². The molecule has 0 aliphatic heterocycles. The van der Waals surface area contributed by atoms with Gasteiger partial charge in [-0.2, -0.15) is 0 Å². The van der Waals surface area contributed by atoms with Gasteiger partial charge in [0.15, 0.2) is 0 Å². The molecule has 0 heterocycles. The van der Waals surface area contributed by atoms with E-state index in [2.05, 4.69) is 5.32 Å². The van der Waals surface area contributed by atoms with Gasteiger partial charge in [0.05, 0.1) is 17.0 Å². The minimum atomic E-state index is -3.89. The summed E-state index contributed by atoms with van der Waals surface area (Å²) in [5, 5.41) is 3.32. The Morgan fingerprint density at radius 2 is 1.80 bits per heavy atom. The zero-order valence-electron chi connectivity index (χ0n) is 20.6. The second kappa shape index (κ2) is 13.1. The van der Waals surface area contributed by atoms with Crippen LogP contribution in [0.1, 0.15) is 44.2 Å². The number of halogens is 2. The maximum Gasteiger partial charge on any atom is 0.244 e. The average molecular weight is 543 g/mol. The standard InChI is InChI=1S/C25H33Cl2N3O4S/c1-5-7-13-28-25(32)22(6-2)29(16-19-10-8-9-18(3)14-19)24(31)17-30(35(4,33)34)23-15-20(26)11-12-21(23)27/h8-12,14-15,22H,5-7,13,16-17H2,1-4H3,(H,28,32). The van der Waals surface area contributed by atoms with Crippen molar-refractivity contribution in [3.63, 3.8) is 0 Å². The van der Waals surface area contributed by atoms with E-state index in [9.17, 15) is 18.0 Å². The molecule has 1 N–H and O–H groups in total. The van der Waals surface area contributed by atoms with Crippen molar-refractivity contribution in [2.45, 2.75) is 52.6 Å². The third kappa shape index (κ3) is 8.40. The quantitative estimate of drug-likeness (QED) is 0.391. The van der Waals surface area contributed by atoms with Crippen LogP contribution in [-0.4, -0.2) is 50.5 Å². The van der Waals surface area contributed by atoms with Crippen molar-refractivity contribution < 1.29 is 18.0 Å². The van der Waals surface area contributed by atoms with E-state index in [1.54, 1.807) is 0 Å². The Morgan fingerprint density at radius 3 is 2.40 bits per heavy atom. The Balaban J connectivity index is 2.45. The summed E-state index contributed by atoms with van der Waals surface area (Å²) in [5.41, 5.74) is 1.95. The van der Waals surface area contributed by atoms with E-state index < -0.39 is 28.5 Å². The molecule has 7 nitrogen and oxygen atoms in total.